The van der Waals surface area contributed by atoms with Crippen LogP contribution in [0.3, 0.4) is 0 Å². The molecule has 1 unspecified atom stereocenters. The molecule has 1 aliphatic rings. The Morgan fingerprint density at radius 3 is 2.36 bits per heavy atom. The zero-order valence-corrected chi connectivity index (χ0v) is 21.6. The second kappa shape index (κ2) is 9.61. The predicted molar refractivity (Wildman–Crippen MR) is 141 cm³/mol. The lowest BCUT2D eigenvalue weighted by Gasteiger charge is -2.27. The van der Waals surface area contributed by atoms with E-state index in [2.05, 4.69) is 25.8 Å². The average Bonchev–Trinajstić information content (AvgIpc) is 3.11. The topological polar surface area (TPSA) is 79.7 Å². The molecule has 1 atom stereocenters. The van der Waals surface area contributed by atoms with Gasteiger partial charge in [0.15, 0.2) is 0 Å². The molecule has 1 saturated heterocycles. The first-order valence-corrected chi connectivity index (χ1v) is 12.1. The van der Waals surface area contributed by atoms with Crippen LogP contribution < -0.4 is 9.64 Å². The molecule has 186 valence electrons. The highest BCUT2D eigenvalue weighted by Crippen LogP contribution is 2.44. The maximum Gasteiger partial charge on any atom is 0.300 e. The van der Waals surface area contributed by atoms with Gasteiger partial charge >= 0.3 is 0 Å². The minimum atomic E-state index is -0.793. The Morgan fingerprint density at radius 2 is 1.72 bits per heavy atom. The number of carbonyl (C=O) groups is 2. The summed E-state index contributed by atoms with van der Waals surface area (Å²) in [5, 5.41) is 11.6. The molecule has 0 bridgehead atoms. The van der Waals surface area contributed by atoms with E-state index in [4.69, 9.17) is 4.74 Å². The zero-order chi connectivity index (χ0) is 26.2. The molecule has 2 heterocycles. The van der Waals surface area contributed by atoms with Crippen molar-refractivity contribution in [2.24, 2.45) is 0 Å². The average molecular weight is 485 g/mol. The van der Waals surface area contributed by atoms with E-state index in [1.54, 1.807) is 36.7 Å². The zero-order valence-electron chi connectivity index (χ0n) is 21.6. The summed E-state index contributed by atoms with van der Waals surface area (Å²) in [4.78, 5) is 32.5. The number of Topliss-reactive ketones (excluding diaryl/α,β-unsaturated/α-hetero) is 1. The highest BCUT2D eigenvalue weighted by molar-refractivity contribution is 6.51. The maximum atomic E-state index is 13.5. The third-order valence-corrected chi connectivity index (χ3v) is 6.45. The molecule has 6 heteroatoms. The van der Waals surface area contributed by atoms with Gasteiger partial charge in [-0.3, -0.25) is 19.5 Å². The second-order valence-corrected chi connectivity index (χ2v) is 10.1. The summed E-state index contributed by atoms with van der Waals surface area (Å²) in [6.45, 7) is 12.5. The fraction of sp³-hybridized carbons (Fsp3) is 0.300. The number of aryl methyl sites for hydroxylation is 2. The Balaban J connectivity index is 1.96. The van der Waals surface area contributed by atoms with Crippen molar-refractivity contribution in [1.82, 2.24) is 4.98 Å². The van der Waals surface area contributed by atoms with E-state index < -0.39 is 17.7 Å². The van der Waals surface area contributed by atoms with E-state index in [1.165, 1.54) is 4.90 Å². The Hall–Kier alpha value is -3.93. The smallest absolute Gasteiger partial charge is 0.300 e. The Kier molecular flexibility index (Phi) is 6.72. The molecule has 1 aliphatic heterocycles. The molecule has 6 nitrogen and oxygen atoms in total. The van der Waals surface area contributed by atoms with Crippen molar-refractivity contribution in [1.29, 1.82) is 0 Å². The molecule has 2 aromatic carbocycles. The van der Waals surface area contributed by atoms with Crippen molar-refractivity contribution in [2.75, 3.05) is 11.5 Å². The van der Waals surface area contributed by atoms with Gasteiger partial charge in [0.2, 0.25) is 0 Å². The summed E-state index contributed by atoms with van der Waals surface area (Å²) < 4.78 is 5.82. The number of aliphatic hydroxyl groups excluding tert-OH is 1. The molecule has 0 spiro atoms. The number of anilines is 1. The van der Waals surface area contributed by atoms with Gasteiger partial charge in [-0.15, -0.1) is 0 Å². The molecule has 0 saturated carbocycles. The number of hydrogen-bond donors (Lipinski definition) is 1. The van der Waals surface area contributed by atoms with Crippen molar-refractivity contribution in [3.63, 3.8) is 0 Å². The number of hydrogen-bond acceptors (Lipinski definition) is 5. The van der Waals surface area contributed by atoms with Gasteiger partial charge < -0.3 is 9.84 Å². The summed E-state index contributed by atoms with van der Waals surface area (Å²) >= 11 is 0. The number of aliphatic hydroxyl groups is 1. The summed E-state index contributed by atoms with van der Waals surface area (Å²) in [7, 11) is 0. The lowest BCUT2D eigenvalue weighted by molar-refractivity contribution is -0.132. The van der Waals surface area contributed by atoms with E-state index in [-0.39, 0.29) is 16.7 Å². The van der Waals surface area contributed by atoms with Gasteiger partial charge in [0.1, 0.15) is 11.5 Å². The summed E-state index contributed by atoms with van der Waals surface area (Å²) in [6, 6.07) is 13.9. The molecule has 0 radical (unpaired) electrons. The van der Waals surface area contributed by atoms with Crippen LogP contribution in [0.25, 0.3) is 5.76 Å². The van der Waals surface area contributed by atoms with Crippen molar-refractivity contribution in [2.45, 2.75) is 53.0 Å². The van der Waals surface area contributed by atoms with Crippen LogP contribution >= 0.6 is 0 Å². The van der Waals surface area contributed by atoms with Crippen LogP contribution in [0.5, 0.6) is 5.75 Å². The molecular formula is C30H32N2O4. The van der Waals surface area contributed by atoms with Gasteiger partial charge in [-0.2, -0.15) is 0 Å². The molecule has 36 heavy (non-hydrogen) atoms. The molecule has 4 rings (SSSR count). The molecule has 1 amide bonds. The Labute approximate surface area is 212 Å². The highest BCUT2D eigenvalue weighted by atomic mass is 16.5. The first-order chi connectivity index (χ1) is 17.0. The van der Waals surface area contributed by atoms with Crippen LogP contribution in [0.4, 0.5) is 5.69 Å². The van der Waals surface area contributed by atoms with Crippen molar-refractivity contribution in [3.8, 4) is 5.75 Å². The van der Waals surface area contributed by atoms with E-state index in [0.717, 1.165) is 22.4 Å². The van der Waals surface area contributed by atoms with E-state index in [0.29, 0.717) is 23.4 Å². The fourth-order valence-electron chi connectivity index (χ4n) is 4.62. The number of benzene rings is 2. The first-order valence-electron chi connectivity index (χ1n) is 12.1. The summed E-state index contributed by atoms with van der Waals surface area (Å²) in [6.07, 6.45) is 3.24. The maximum absolute atomic E-state index is 13.5. The van der Waals surface area contributed by atoms with Gasteiger partial charge in [-0.05, 0) is 79.3 Å². The van der Waals surface area contributed by atoms with Crippen molar-refractivity contribution in [3.05, 3.63) is 94.3 Å². The number of aromatic nitrogens is 1. The predicted octanol–water partition coefficient (Wildman–Crippen LogP) is 6.02. The lowest BCUT2D eigenvalue weighted by Crippen LogP contribution is -2.30. The van der Waals surface area contributed by atoms with Crippen LogP contribution in [-0.2, 0) is 15.0 Å². The van der Waals surface area contributed by atoms with Gasteiger partial charge in [-0.25, -0.2) is 0 Å². The van der Waals surface area contributed by atoms with Gasteiger partial charge in [0, 0.05) is 29.2 Å². The number of pyridine rings is 1. The van der Waals surface area contributed by atoms with E-state index in [1.807, 2.05) is 45.0 Å². The van der Waals surface area contributed by atoms with Gasteiger partial charge in [0.25, 0.3) is 11.7 Å². The number of nitrogens with zero attached hydrogens (tertiary/aromatic N) is 2. The van der Waals surface area contributed by atoms with Crippen LogP contribution in [0, 0.1) is 13.8 Å². The standard InChI is InChI=1S/C30H32N2O4/c1-7-36-24-11-10-21(17-22(24)30(4,5)6)27(33)25-26(20-12-14-31-15-13-20)32(29(35)28(25)34)23-16-18(2)8-9-19(23)3/h8-17,26,33H,7H2,1-6H3/b27-25-. The quantitative estimate of drug-likeness (QED) is 0.272. The molecule has 0 aliphatic carbocycles. The lowest BCUT2D eigenvalue weighted by atomic mass is 9.84. The third kappa shape index (κ3) is 4.51. The monoisotopic (exact) mass is 484 g/mol. The largest absolute Gasteiger partial charge is 0.507 e. The van der Waals surface area contributed by atoms with Crippen molar-refractivity contribution >= 4 is 23.1 Å². The van der Waals surface area contributed by atoms with E-state index in [9.17, 15) is 14.7 Å². The van der Waals surface area contributed by atoms with Crippen LogP contribution in [-0.4, -0.2) is 28.4 Å². The third-order valence-electron chi connectivity index (χ3n) is 6.45. The van der Waals surface area contributed by atoms with E-state index >= 15 is 0 Å². The minimum absolute atomic E-state index is 0.0520. The normalized spacial score (nSPS) is 17.5. The SMILES string of the molecule is CCOc1ccc(/C(O)=C2/C(=O)C(=O)N(c3cc(C)ccc3C)C2c2ccncc2)cc1C(C)(C)C. The number of rotatable bonds is 5. The fourth-order valence-corrected chi connectivity index (χ4v) is 4.62. The number of ether oxygens (including phenoxy) is 1. The van der Waals surface area contributed by atoms with Crippen molar-refractivity contribution < 1.29 is 19.4 Å². The highest BCUT2D eigenvalue weighted by Gasteiger charge is 2.47. The number of amides is 1. The molecule has 1 fully saturated rings. The Bertz CT molecular complexity index is 1350. The summed E-state index contributed by atoms with van der Waals surface area (Å²) in [5.41, 5.74) is 4.30. The summed E-state index contributed by atoms with van der Waals surface area (Å²) in [5.74, 6) is -0.880. The van der Waals surface area contributed by atoms with Crippen LogP contribution in [0.15, 0.2) is 66.5 Å². The number of ketones is 1. The minimum Gasteiger partial charge on any atom is -0.507 e. The molecule has 1 aromatic heterocycles. The first kappa shape index (κ1) is 25.2. The van der Waals surface area contributed by atoms with Gasteiger partial charge in [0.05, 0.1) is 18.2 Å². The number of carbonyl (C=O) groups excluding carboxylic acids is 2. The van der Waals surface area contributed by atoms with Crippen LogP contribution in [0.2, 0.25) is 0 Å². The molecule has 3 aromatic rings. The Morgan fingerprint density at radius 1 is 1.03 bits per heavy atom. The van der Waals surface area contributed by atoms with Gasteiger partial charge in [-0.1, -0.05) is 32.9 Å². The second-order valence-electron chi connectivity index (χ2n) is 10.1. The molecule has 1 N–H and O–H groups in total. The molecular weight excluding hydrogens is 452 g/mol. The van der Waals surface area contributed by atoms with Crippen LogP contribution in [0.1, 0.15) is 61.6 Å².